The van der Waals surface area contributed by atoms with Gasteiger partial charge in [-0.05, 0) is 0 Å². The number of pyridine rings is 2. The van der Waals surface area contributed by atoms with Crippen LogP contribution in [0.2, 0.25) is 0 Å². The van der Waals surface area contributed by atoms with Crippen molar-refractivity contribution in [1.82, 2.24) is 0 Å². The number of rotatable bonds is 1. The zero-order valence-electron chi connectivity index (χ0n) is 10.1. The van der Waals surface area contributed by atoms with Crippen LogP contribution < -0.4 is 18.4 Å². The number of aryl methyl sites for hydroxylation is 2. The van der Waals surface area contributed by atoms with Gasteiger partial charge < -0.3 is 0 Å². The average Bonchev–Trinajstić information content (AvgIpc) is 2.75. The van der Waals surface area contributed by atoms with Crippen molar-refractivity contribution < 1.29 is 9.13 Å². The molecule has 3 rings (SSSR count). The van der Waals surface area contributed by atoms with Gasteiger partial charge in [0, 0.05) is 0 Å². The van der Waals surface area contributed by atoms with Gasteiger partial charge in [0.15, 0.2) is 0 Å². The summed E-state index contributed by atoms with van der Waals surface area (Å²) in [5.74, 6) is 2.64. The molecule has 0 aromatic carbocycles. The molecular weight excluding hydrogens is 271 g/mol. The van der Waals surface area contributed by atoms with Crippen molar-refractivity contribution >= 4 is 31.5 Å². The Morgan fingerprint density at radius 1 is 1.06 bits per heavy atom. The van der Waals surface area contributed by atoms with E-state index >= 15 is 0 Å². The Balaban J connectivity index is 2.13. The molecular formula is C13H15GeN3+2. The van der Waals surface area contributed by atoms with Crippen LogP contribution in [-0.4, -0.2) is 20.8 Å². The molecule has 0 aliphatic carbocycles. The summed E-state index contributed by atoms with van der Waals surface area (Å²) in [6.45, 7) is 0. The minimum atomic E-state index is -0.0184. The summed E-state index contributed by atoms with van der Waals surface area (Å²) in [4.78, 5) is 2.44. The summed E-state index contributed by atoms with van der Waals surface area (Å²) in [6, 6.07) is 10.8. The molecule has 2 aromatic heterocycles. The van der Waals surface area contributed by atoms with Crippen LogP contribution in [0.4, 0.5) is 11.6 Å². The van der Waals surface area contributed by atoms with E-state index in [1.54, 1.807) is 4.40 Å². The van der Waals surface area contributed by atoms with Gasteiger partial charge >= 0.3 is 108 Å². The van der Waals surface area contributed by atoms with Crippen LogP contribution in [0.3, 0.4) is 0 Å². The normalized spacial score (nSPS) is 13.9. The standard InChI is InChI=1S/C13H15GeN3/c1-15-8-4-3-7-12(15)17-10-14-11-6-5-9-16(2)13(11)17/h3-9H,10H2,1-2H3/q+2. The molecule has 0 atom stereocenters. The molecule has 3 nitrogen and oxygen atoms in total. The van der Waals surface area contributed by atoms with Crippen molar-refractivity contribution in [3.63, 3.8) is 0 Å². The molecule has 2 aromatic rings. The van der Waals surface area contributed by atoms with E-state index in [9.17, 15) is 0 Å². The van der Waals surface area contributed by atoms with Gasteiger partial charge in [0.25, 0.3) is 0 Å². The first kappa shape index (κ1) is 10.8. The third-order valence-corrected chi connectivity index (χ3v) is 5.75. The topological polar surface area (TPSA) is 11.0 Å². The monoisotopic (exact) mass is 287 g/mol. The Morgan fingerprint density at radius 3 is 2.71 bits per heavy atom. The summed E-state index contributed by atoms with van der Waals surface area (Å²) in [6.07, 6.45) is 4.24. The van der Waals surface area contributed by atoms with Crippen molar-refractivity contribution in [2.75, 3.05) is 10.3 Å². The van der Waals surface area contributed by atoms with Gasteiger partial charge in [-0.25, -0.2) is 0 Å². The molecule has 4 heteroatoms. The summed E-state index contributed by atoms with van der Waals surface area (Å²) in [5, 5.41) is 1.19. The third kappa shape index (κ3) is 1.74. The predicted octanol–water partition coefficient (Wildman–Crippen LogP) is -0.226. The number of fused-ring (bicyclic) bond motifs is 1. The van der Waals surface area contributed by atoms with Gasteiger partial charge in [-0.3, -0.25) is 0 Å². The van der Waals surface area contributed by atoms with E-state index in [1.807, 2.05) is 0 Å². The first-order valence-corrected chi connectivity index (χ1v) is 8.25. The van der Waals surface area contributed by atoms with E-state index in [0.717, 1.165) is 0 Å². The molecule has 0 spiro atoms. The van der Waals surface area contributed by atoms with E-state index in [2.05, 4.69) is 70.9 Å². The molecule has 84 valence electrons. The molecule has 0 N–H and O–H groups in total. The second-order valence-electron chi connectivity index (χ2n) is 4.29. The van der Waals surface area contributed by atoms with E-state index in [1.165, 1.54) is 17.0 Å². The molecule has 1 aliphatic heterocycles. The zero-order chi connectivity index (χ0) is 11.8. The van der Waals surface area contributed by atoms with Crippen molar-refractivity contribution in [3.8, 4) is 0 Å². The van der Waals surface area contributed by atoms with Crippen LogP contribution in [0, 0.1) is 0 Å². The van der Waals surface area contributed by atoms with Crippen molar-refractivity contribution in [2.24, 2.45) is 14.1 Å². The number of hydrogen-bond acceptors (Lipinski definition) is 1. The molecule has 0 saturated carbocycles. The second kappa shape index (κ2) is 4.14. The summed E-state index contributed by atoms with van der Waals surface area (Å²) in [7, 11) is 4.24. The van der Waals surface area contributed by atoms with Crippen molar-refractivity contribution in [3.05, 3.63) is 42.7 Å². The maximum atomic E-state index is 2.44. The Kier molecular flexibility index (Phi) is 2.63. The van der Waals surface area contributed by atoms with Gasteiger partial charge in [-0.1, -0.05) is 0 Å². The average molecular weight is 286 g/mol. The van der Waals surface area contributed by atoms with Gasteiger partial charge in [-0.15, -0.1) is 0 Å². The molecule has 0 saturated heterocycles. The van der Waals surface area contributed by atoms with E-state index in [0.29, 0.717) is 0 Å². The molecule has 0 bridgehead atoms. The first-order valence-electron chi connectivity index (χ1n) is 5.72. The quantitative estimate of drug-likeness (QED) is 0.521. The van der Waals surface area contributed by atoms with Crippen molar-refractivity contribution in [1.29, 1.82) is 0 Å². The Bertz CT molecular complexity index is 568. The fraction of sp³-hybridized carbons (Fsp3) is 0.231. The minimum absolute atomic E-state index is 0.0184. The van der Waals surface area contributed by atoms with Gasteiger partial charge in [-0.2, -0.15) is 0 Å². The second-order valence-corrected chi connectivity index (χ2v) is 6.82. The molecule has 0 unspecified atom stereocenters. The molecule has 0 amide bonds. The fourth-order valence-electron chi connectivity index (χ4n) is 2.30. The van der Waals surface area contributed by atoms with Crippen LogP contribution in [0.1, 0.15) is 0 Å². The summed E-state index contributed by atoms with van der Waals surface area (Å²) < 4.78 is 5.98. The van der Waals surface area contributed by atoms with Crippen LogP contribution in [0.15, 0.2) is 42.7 Å². The molecule has 2 radical (unpaired) electrons. The van der Waals surface area contributed by atoms with Crippen LogP contribution >= 0.6 is 0 Å². The summed E-state index contributed by atoms with van der Waals surface area (Å²) >= 11 is -0.0184. The first-order chi connectivity index (χ1) is 8.27. The molecule has 17 heavy (non-hydrogen) atoms. The van der Waals surface area contributed by atoms with Gasteiger partial charge in [0.2, 0.25) is 0 Å². The predicted molar refractivity (Wildman–Crippen MR) is 67.6 cm³/mol. The fourth-order valence-corrected chi connectivity index (χ4v) is 5.08. The van der Waals surface area contributed by atoms with Crippen molar-refractivity contribution in [2.45, 2.75) is 0 Å². The van der Waals surface area contributed by atoms with E-state index in [4.69, 9.17) is 0 Å². The molecule has 3 heterocycles. The van der Waals surface area contributed by atoms with Crippen LogP contribution in [-0.2, 0) is 14.1 Å². The van der Waals surface area contributed by atoms with Gasteiger partial charge in [0.05, 0.1) is 0 Å². The summed E-state index contributed by atoms with van der Waals surface area (Å²) in [5.41, 5.74) is 0. The van der Waals surface area contributed by atoms with Crippen LogP contribution in [0.25, 0.3) is 0 Å². The molecule has 0 fully saturated rings. The number of aromatic nitrogens is 2. The molecule has 1 aliphatic rings. The SMILES string of the molecule is C[n+]1ccccc1N1[CH2][Ge][c]2ccc[n+](C)c21. The maximum absolute atomic E-state index is 2.44. The Morgan fingerprint density at radius 2 is 1.88 bits per heavy atom. The van der Waals surface area contributed by atoms with Crippen LogP contribution in [0.5, 0.6) is 0 Å². The van der Waals surface area contributed by atoms with Gasteiger partial charge in [0.1, 0.15) is 0 Å². The Hall–Kier alpha value is -1.36. The zero-order valence-corrected chi connectivity index (χ0v) is 12.2. The third-order valence-electron chi connectivity index (χ3n) is 3.13. The van der Waals surface area contributed by atoms with E-state index in [-0.39, 0.29) is 15.4 Å². The number of nitrogens with zero attached hydrogens (tertiary/aromatic N) is 3. The Labute approximate surface area is 108 Å². The van der Waals surface area contributed by atoms with E-state index < -0.39 is 0 Å². The number of anilines is 2. The number of hydrogen-bond donors (Lipinski definition) is 0.